The van der Waals surface area contributed by atoms with Gasteiger partial charge in [-0.2, -0.15) is 0 Å². The van der Waals surface area contributed by atoms with Crippen LogP contribution in [0.4, 0.5) is 11.5 Å². The van der Waals surface area contributed by atoms with Crippen LogP contribution in [0.3, 0.4) is 0 Å². The molecule has 2 heterocycles. The molecule has 0 bridgehead atoms. The number of aromatic nitrogens is 2. The summed E-state index contributed by atoms with van der Waals surface area (Å²) in [6, 6.07) is 3.62. The smallest absolute Gasteiger partial charge is 0.338 e. The molecule has 0 amide bonds. The molecule has 2 aromatic heterocycles. The van der Waals surface area contributed by atoms with E-state index in [2.05, 4.69) is 15.3 Å². The Morgan fingerprint density at radius 2 is 2.31 bits per heavy atom. The number of rotatable bonds is 3. The molecule has 0 fully saturated rings. The van der Waals surface area contributed by atoms with Crippen molar-refractivity contribution in [3.8, 4) is 10.6 Å². The third-order valence-electron chi connectivity index (χ3n) is 2.00. The van der Waals surface area contributed by atoms with Crippen molar-refractivity contribution >= 4 is 22.8 Å². The van der Waals surface area contributed by atoms with E-state index in [9.17, 15) is 10.1 Å². The van der Waals surface area contributed by atoms with Crippen LogP contribution in [0.2, 0.25) is 0 Å². The summed E-state index contributed by atoms with van der Waals surface area (Å²) in [5.41, 5.74) is 0.256. The van der Waals surface area contributed by atoms with E-state index in [1.165, 1.54) is 17.7 Å². The maximum absolute atomic E-state index is 11.0. The minimum absolute atomic E-state index is 0.0903. The Morgan fingerprint density at radius 1 is 1.50 bits per heavy atom. The van der Waals surface area contributed by atoms with Gasteiger partial charge >= 0.3 is 5.69 Å². The van der Waals surface area contributed by atoms with Gasteiger partial charge in [0.15, 0.2) is 5.69 Å². The van der Waals surface area contributed by atoms with E-state index in [1.807, 2.05) is 11.4 Å². The lowest BCUT2D eigenvalue weighted by molar-refractivity contribution is -0.383. The van der Waals surface area contributed by atoms with Gasteiger partial charge in [0, 0.05) is 7.05 Å². The van der Waals surface area contributed by atoms with E-state index >= 15 is 0 Å². The molecule has 0 radical (unpaired) electrons. The minimum atomic E-state index is -0.471. The van der Waals surface area contributed by atoms with Crippen molar-refractivity contribution in [2.75, 3.05) is 12.4 Å². The number of hydrogen-bond acceptors (Lipinski definition) is 6. The lowest BCUT2D eigenvalue weighted by atomic mass is 10.3. The molecule has 0 aliphatic rings. The van der Waals surface area contributed by atoms with Crippen LogP contribution >= 0.6 is 11.3 Å². The molecule has 1 N–H and O–H groups in total. The molecule has 7 heteroatoms. The number of nitro groups is 1. The average Bonchev–Trinajstić information content (AvgIpc) is 2.81. The van der Waals surface area contributed by atoms with Crippen molar-refractivity contribution in [2.24, 2.45) is 0 Å². The molecular formula is C9H8N4O2S. The lowest BCUT2D eigenvalue weighted by Gasteiger charge is -2.03. The van der Waals surface area contributed by atoms with Gasteiger partial charge in [-0.1, -0.05) is 6.07 Å². The van der Waals surface area contributed by atoms with Crippen molar-refractivity contribution in [3.05, 3.63) is 34.0 Å². The molecule has 6 nitrogen and oxygen atoms in total. The van der Waals surface area contributed by atoms with Gasteiger partial charge in [-0.25, -0.2) is 9.97 Å². The standard InChI is InChI=1S/C9H8N4O2S/c1-10-9-8(13(14)15)7(11-5-12-9)6-3-2-4-16-6/h2-5H,1H3,(H,10,11,12). The highest BCUT2D eigenvalue weighted by molar-refractivity contribution is 7.13. The summed E-state index contributed by atoms with van der Waals surface area (Å²) in [6.45, 7) is 0. The summed E-state index contributed by atoms with van der Waals surface area (Å²) < 4.78 is 0. The van der Waals surface area contributed by atoms with Crippen molar-refractivity contribution in [3.63, 3.8) is 0 Å². The van der Waals surface area contributed by atoms with E-state index in [0.717, 1.165) is 4.88 Å². The predicted molar refractivity (Wildman–Crippen MR) is 61.5 cm³/mol. The summed E-state index contributed by atoms with van der Waals surface area (Å²) >= 11 is 1.40. The molecule has 0 unspecified atom stereocenters. The molecule has 0 saturated carbocycles. The maximum Gasteiger partial charge on any atom is 0.338 e. The summed E-state index contributed by atoms with van der Waals surface area (Å²) in [4.78, 5) is 19.1. The first-order valence-electron chi connectivity index (χ1n) is 4.45. The van der Waals surface area contributed by atoms with Crippen LogP contribution in [0.15, 0.2) is 23.8 Å². The zero-order valence-electron chi connectivity index (χ0n) is 8.38. The van der Waals surface area contributed by atoms with E-state index in [1.54, 1.807) is 13.1 Å². The van der Waals surface area contributed by atoms with Crippen molar-refractivity contribution in [1.82, 2.24) is 9.97 Å². The molecule has 82 valence electrons. The molecule has 0 aromatic carbocycles. The Labute approximate surface area is 95.1 Å². The summed E-state index contributed by atoms with van der Waals surface area (Å²) in [7, 11) is 1.59. The average molecular weight is 236 g/mol. The molecule has 0 aliphatic carbocycles. The number of nitrogens with zero attached hydrogens (tertiary/aromatic N) is 3. The van der Waals surface area contributed by atoms with Crippen molar-refractivity contribution in [1.29, 1.82) is 0 Å². The summed E-state index contributed by atoms with van der Waals surface area (Å²) in [5.74, 6) is 0.225. The molecule has 2 aromatic rings. The van der Waals surface area contributed by atoms with Crippen LogP contribution in [0, 0.1) is 10.1 Å². The van der Waals surface area contributed by atoms with Gasteiger partial charge in [0.2, 0.25) is 5.82 Å². The normalized spacial score (nSPS) is 10.1. The topological polar surface area (TPSA) is 81.0 Å². The van der Waals surface area contributed by atoms with Gasteiger partial charge in [0.25, 0.3) is 0 Å². The zero-order valence-corrected chi connectivity index (χ0v) is 9.19. The largest absolute Gasteiger partial charge is 0.367 e. The first kappa shape index (κ1) is 10.5. The van der Waals surface area contributed by atoms with Crippen LogP contribution in [0.1, 0.15) is 0 Å². The minimum Gasteiger partial charge on any atom is -0.367 e. The van der Waals surface area contributed by atoms with Gasteiger partial charge in [-0.05, 0) is 11.4 Å². The fourth-order valence-electron chi connectivity index (χ4n) is 1.33. The highest BCUT2D eigenvalue weighted by atomic mass is 32.1. The number of anilines is 1. The molecule has 0 atom stereocenters. The van der Waals surface area contributed by atoms with Gasteiger partial charge in [0.05, 0.1) is 9.80 Å². The molecule has 0 aliphatic heterocycles. The van der Waals surface area contributed by atoms with Crippen LogP contribution in [0.25, 0.3) is 10.6 Å². The van der Waals surface area contributed by atoms with E-state index in [-0.39, 0.29) is 11.5 Å². The second-order valence-corrected chi connectivity index (χ2v) is 3.85. The van der Waals surface area contributed by atoms with Gasteiger partial charge in [-0.15, -0.1) is 11.3 Å². The first-order chi connectivity index (χ1) is 7.74. The Morgan fingerprint density at radius 3 is 2.88 bits per heavy atom. The third-order valence-corrected chi connectivity index (χ3v) is 2.87. The second kappa shape index (κ2) is 4.23. The number of hydrogen-bond donors (Lipinski definition) is 1. The van der Waals surface area contributed by atoms with Crippen molar-refractivity contribution in [2.45, 2.75) is 0 Å². The quantitative estimate of drug-likeness (QED) is 0.652. The third kappa shape index (κ3) is 1.72. The molecule has 0 saturated heterocycles. The molecular weight excluding hydrogens is 228 g/mol. The van der Waals surface area contributed by atoms with Gasteiger partial charge in [0.1, 0.15) is 6.33 Å². The Hall–Kier alpha value is -2.02. The van der Waals surface area contributed by atoms with Crippen molar-refractivity contribution < 1.29 is 4.92 Å². The van der Waals surface area contributed by atoms with Gasteiger partial charge in [-0.3, -0.25) is 10.1 Å². The Kier molecular flexibility index (Phi) is 2.78. The Balaban J connectivity index is 2.65. The summed E-state index contributed by atoms with van der Waals surface area (Å²) in [6.07, 6.45) is 1.31. The number of thiophene rings is 1. The van der Waals surface area contributed by atoms with E-state index in [0.29, 0.717) is 5.69 Å². The maximum atomic E-state index is 11.0. The SMILES string of the molecule is CNc1ncnc(-c2cccs2)c1[N+](=O)[O-]. The van der Waals surface area contributed by atoms with Crippen LogP contribution < -0.4 is 5.32 Å². The molecule has 2 rings (SSSR count). The van der Waals surface area contributed by atoms with E-state index < -0.39 is 4.92 Å². The highest BCUT2D eigenvalue weighted by Crippen LogP contribution is 2.34. The van der Waals surface area contributed by atoms with Crippen LogP contribution in [-0.2, 0) is 0 Å². The lowest BCUT2D eigenvalue weighted by Crippen LogP contribution is -2.02. The highest BCUT2D eigenvalue weighted by Gasteiger charge is 2.23. The van der Waals surface area contributed by atoms with Gasteiger partial charge < -0.3 is 5.32 Å². The van der Waals surface area contributed by atoms with Crippen LogP contribution in [-0.4, -0.2) is 21.9 Å². The fraction of sp³-hybridized carbons (Fsp3) is 0.111. The van der Waals surface area contributed by atoms with E-state index in [4.69, 9.17) is 0 Å². The summed E-state index contributed by atoms with van der Waals surface area (Å²) in [5, 5.41) is 15.5. The number of nitrogens with one attached hydrogen (secondary N) is 1. The second-order valence-electron chi connectivity index (χ2n) is 2.90. The van der Waals surface area contributed by atoms with Crippen LogP contribution in [0.5, 0.6) is 0 Å². The first-order valence-corrected chi connectivity index (χ1v) is 5.33. The zero-order chi connectivity index (χ0) is 11.5. The fourth-order valence-corrected chi connectivity index (χ4v) is 2.05. The predicted octanol–water partition coefficient (Wildman–Crippen LogP) is 2.16. The Bertz CT molecular complexity index is 512. The molecule has 0 spiro atoms. The monoisotopic (exact) mass is 236 g/mol. The molecule has 16 heavy (non-hydrogen) atoms.